The first-order valence-electron chi connectivity index (χ1n) is 7.65. The average Bonchev–Trinajstić information content (AvgIpc) is 3.00. The standard InChI is InChI=1S/C17H18Cl2O4S2/c1-24-17-15(22)13(20)14(21)16(23-17)8-2-4-11(18)9(6-8)7-10-3-5-12(19)25-10/h2-6,13-17,20-22H,7H2,1H3/t13-,14-,15+,16+,17-/m1/s1. The van der Waals surface area contributed by atoms with Crippen molar-refractivity contribution < 1.29 is 20.1 Å². The van der Waals surface area contributed by atoms with E-state index in [1.165, 1.54) is 23.1 Å². The summed E-state index contributed by atoms with van der Waals surface area (Å²) in [4.78, 5) is 1.08. The summed E-state index contributed by atoms with van der Waals surface area (Å²) in [5.74, 6) is 0. The zero-order valence-corrected chi connectivity index (χ0v) is 16.4. The Balaban J connectivity index is 1.88. The van der Waals surface area contributed by atoms with Gasteiger partial charge in [0.1, 0.15) is 29.9 Å². The summed E-state index contributed by atoms with van der Waals surface area (Å²) >= 11 is 15.1. The van der Waals surface area contributed by atoms with E-state index < -0.39 is 29.9 Å². The number of thiophene rings is 1. The first kappa shape index (κ1) is 19.5. The van der Waals surface area contributed by atoms with Crippen LogP contribution in [0, 0.1) is 0 Å². The molecule has 1 aliphatic rings. The molecule has 5 atom stereocenters. The van der Waals surface area contributed by atoms with Gasteiger partial charge in [0.25, 0.3) is 0 Å². The predicted octanol–water partition coefficient (Wildman–Crippen LogP) is 3.49. The monoisotopic (exact) mass is 420 g/mol. The van der Waals surface area contributed by atoms with Gasteiger partial charge in [-0.05, 0) is 35.6 Å². The number of benzene rings is 1. The normalized spacial score (nSPS) is 29.8. The van der Waals surface area contributed by atoms with Crippen LogP contribution in [-0.4, -0.2) is 45.3 Å². The maximum absolute atomic E-state index is 10.3. The summed E-state index contributed by atoms with van der Waals surface area (Å²) in [7, 11) is 0. The van der Waals surface area contributed by atoms with Crippen LogP contribution < -0.4 is 0 Å². The maximum Gasteiger partial charge on any atom is 0.132 e. The Hall–Kier alpha value is -0.310. The molecule has 3 N–H and O–H groups in total. The van der Waals surface area contributed by atoms with Gasteiger partial charge in [-0.25, -0.2) is 0 Å². The van der Waals surface area contributed by atoms with Gasteiger partial charge in [0.15, 0.2) is 0 Å². The zero-order valence-electron chi connectivity index (χ0n) is 13.3. The van der Waals surface area contributed by atoms with Gasteiger partial charge in [-0.15, -0.1) is 23.1 Å². The topological polar surface area (TPSA) is 69.9 Å². The SMILES string of the molecule is CS[C@H]1O[C@@H](c2ccc(Cl)c(Cc3ccc(Cl)s3)c2)[C@H](O)[C@@H](O)[C@@H]1O. The highest BCUT2D eigenvalue weighted by Gasteiger charge is 2.44. The lowest BCUT2D eigenvalue weighted by Crippen LogP contribution is -2.52. The maximum atomic E-state index is 10.3. The van der Waals surface area contributed by atoms with Crippen molar-refractivity contribution in [2.45, 2.75) is 36.3 Å². The molecule has 1 saturated heterocycles. The molecular weight excluding hydrogens is 403 g/mol. The molecule has 0 spiro atoms. The highest BCUT2D eigenvalue weighted by Crippen LogP contribution is 2.37. The van der Waals surface area contributed by atoms with Crippen molar-refractivity contribution in [2.24, 2.45) is 0 Å². The molecule has 1 aromatic carbocycles. The van der Waals surface area contributed by atoms with Crippen molar-refractivity contribution >= 4 is 46.3 Å². The fraction of sp³-hybridized carbons (Fsp3) is 0.412. The summed E-state index contributed by atoms with van der Waals surface area (Å²) in [6.07, 6.45) is -1.97. The Morgan fingerprint density at radius 2 is 1.84 bits per heavy atom. The lowest BCUT2D eigenvalue weighted by atomic mass is 9.93. The zero-order chi connectivity index (χ0) is 18.1. The molecule has 0 radical (unpaired) electrons. The second-order valence-corrected chi connectivity index (χ2v) is 9.01. The van der Waals surface area contributed by atoms with Crippen LogP contribution in [0.5, 0.6) is 0 Å². The van der Waals surface area contributed by atoms with Gasteiger partial charge in [-0.2, -0.15) is 0 Å². The third-order valence-electron chi connectivity index (χ3n) is 4.19. The molecule has 1 aliphatic heterocycles. The van der Waals surface area contributed by atoms with E-state index in [1.807, 2.05) is 18.2 Å². The van der Waals surface area contributed by atoms with Crippen LogP contribution >= 0.6 is 46.3 Å². The average molecular weight is 421 g/mol. The largest absolute Gasteiger partial charge is 0.387 e. The van der Waals surface area contributed by atoms with E-state index in [4.69, 9.17) is 27.9 Å². The molecule has 1 aromatic heterocycles. The minimum atomic E-state index is -1.27. The van der Waals surface area contributed by atoms with E-state index in [2.05, 4.69) is 0 Å². The van der Waals surface area contributed by atoms with Crippen LogP contribution in [0.4, 0.5) is 0 Å². The second-order valence-electron chi connectivity index (χ2n) is 5.87. The van der Waals surface area contributed by atoms with Crippen molar-refractivity contribution in [1.29, 1.82) is 0 Å². The predicted molar refractivity (Wildman–Crippen MR) is 103 cm³/mol. The summed E-state index contributed by atoms with van der Waals surface area (Å²) in [6.45, 7) is 0. The van der Waals surface area contributed by atoms with Crippen LogP contribution in [0.2, 0.25) is 9.36 Å². The molecule has 0 unspecified atom stereocenters. The Morgan fingerprint density at radius 1 is 1.08 bits per heavy atom. The fourth-order valence-electron chi connectivity index (χ4n) is 2.86. The third kappa shape index (κ3) is 4.17. The van der Waals surface area contributed by atoms with E-state index >= 15 is 0 Å². The second kappa shape index (κ2) is 8.15. The third-order valence-corrected chi connectivity index (χ3v) is 6.65. The minimum Gasteiger partial charge on any atom is -0.387 e. The minimum absolute atomic E-state index is 0.612. The van der Waals surface area contributed by atoms with Gasteiger partial charge < -0.3 is 20.1 Å². The van der Waals surface area contributed by atoms with Gasteiger partial charge in [0, 0.05) is 16.3 Å². The number of hydrogen-bond donors (Lipinski definition) is 3. The Kier molecular flexibility index (Phi) is 6.34. The van der Waals surface area contributed by atoms with Gasteiger partial charge in [-0.3, -0.25) is 0 Å². The number of hydrogen-bond acceptors (Lipinski definition) is 6. The van der Waals surface area contributed by atoms with E-state index in [-0.39, 0.29) is 0 Å². The van der Waals surface area contributed by atoms with Crippen molar-refractivity contribution in [3.05, 3.63) is 55.7 Å². The van der Waals surface area contributed by atoms with E-state index in [0.29, 0.717) is 21.3 Å². The number of aliphatic hydroxyl groups excluding tert-OH is 3. The van der Waals surface area contributed by atoms with Gasteiger partial charge in [0.2, 0.25) is 0 Å². The molecule has 136 valence electrons. The molecule has 8 heteroatoms. The molecule has 3 rings (SSSR count). The van der Waals surface area contributed by atoms with Crippen molar-refractivity contribution in [2.75, 3.05) is 6.26 Å². The van der Waals surface area contributed by atoms with Gasteiger partial charge in [-0.1, -0.05) is 35.3 Å². The van der Waals surface area contributed by atoms with Gasteiger partial charge >= 0.3 is 0 Å². The van der Waals surface area contributed by atoms with E-state index in [0.717, 1.165) is 10.4 Å². The highest BCUT2D eigenvalue weighted by molar-refractivity contribution is 7.99. The molecule has 0 bridgehead atoms. The molecule has 0 amide bonds. The van der Waals surface area contributed by atoms with Crippen molar-refractivity contribution in [3.8, 4) is 0 Å². The highest BCUT2D eigenvalue weighted by atomic mass is 35.5. The molecule has 4 nitrogen and oxygen atoms in total. The summed E-state index contributed by atoms with van der Waals surface area (Å²) < 4.78 is 6.52. The number of aliphatic hydroxyl groups is 3. The first-order valence-corrected chi connectivity index (χ1v) is 10.5. The molecule has 2 heterocycles. The molecular formula is C17H18Cl2O4S2. The number of rotatable bonds is 4. The Bertz CT molecular complexity index is 737. The van der Waals surface area contributed by atoms with Crippen LogP contribution in [0.1, 0.15) is 22.1 Å². The molecule has 0 aliphatic carbocycles. The molecule has 0 saturated carbocycles. The number of ether oxygens (including phenoxy) is 1. The molecule has 2 aromatic rings. The summed E-state index contributed by atoms with van der Waals surface area (Å²) in [5, 5.41) is 31.0. The first-order chi connectivity index (χ1) is 11.9. The number of thioether (sulfide) groups is 1. The quantitative estimate of drug-likeness (QED) is 0.705. The summed E-state index contributed by atoms with van der Waals surface area (Å²) in [5.41, 5.74) is 0.980. The van der Waals surface area contributed by atoms with Gasteiger partial charge in [0.05, 0.1) is 4.34 Å². The number of halogens is 2. The van der Waals surface area contributed by atoms with Crippen molar-refractivity contribution in [1.82, 2.24) is 0 Å². The fourth-order valence-corrected chi connectivity index (χ4v) is 4.83. The lowest BCUT2D eigenvalue weighted by Gasteiger charge is -2.40. The van der Waals surface area contributed by atoms with Crippen LogP contribution in [0.15, 0.2) is 30.3 Å². The molecule has 25 heavy (non-hydrogen) atoms. The van der Waals surface area contributed by atoms with Crippen LogP contribution in [0.25, 0.3) is 0 Å². The summed E-state index contributed by atoms with van der Waals surface area (Å²) in [6, 6.07) is 9.18. The Labute approximate surface area is 164 Å². The smallest absolute Gasteiger partial charge is 0.132 e. The lowest BCUT2D eigenvalue weighted by molar-refractivity contribution is -0.200. The van der Waals surface area contributed by atoms with Crippen molar-refractivity contribution in [3.63, 3.8) is 0 Å². The Morgan fingerprint density at radius 3 is 2.48 bits per heavy atom. The van der Waals surface area contributed by atoms with Crippen LogP contribution in [0.3, 0.4) is 0 Å². The van der Waals surface area contributed by atoms with E-state index in [1.54, 1.807) is 18.4 Å². The van der Waals surface area contributed by atoms with Crippen LogP contribution in [-0.2, 0) is 11.2 Å². The van der Waals surface area contributed by atoms with E-state index in [9.17, 15) is 15.3 Å². The molecule has 1 fully saturated rings.